The average Bonchev–Trinajstić information content (AvgIpc) is 3.37. The summed E-state index contributed by atoms with van der Waals surface area (Å²) < 4.78 is 31.0. The number of nitrogens with one attached hydrogen (secondary N) is 1. The molecule has 10 heteroatoms. The van der Waals surface area contributed by atoms with E-state index in [0.717, 1.165) is 30.6 Å². The molecule has 32 heavy (non-hydrogen) atoms. The average molecular weight is 474 g/mol. The molecule has 4 aromatic rings. The number of fused-ring (bicyclic) bond motifs is 1. The van der Waals surface area contributed by atoms with E-state index in [1.54, 1.807) is 18.2 Å². The molecule has 164 valence electrons. The number of imidazole rings is 1. The molecule has 1 saturated carbocycles. The fourth-order valence-corrected chi connectivity index (χ4v) is 5.13. The Balaban J connectivity index is 1.50. The SMILES string of the molecule is O=C(NC1CCCC(n2c(-c3ccccc3F)nc3cnc(F)cc32)C1)c1ncc(Cl)s1. The number of pyridine rings is 1. The van der Waals surface area contributed by atoms with Crippen LogP contribution in [0.2, 0.25) is 4.34 Å². The number of thiazole rings is 1. The standard InChI is InChI=1S/C22H18ClF2N5OS/c23-18-11-27-22(32-18)21(31)28-12-4-3-5-13(8-12)30-17-9-19(25)26-10-16(17)29-20(30)14-6-1-2-7-15(14)24/h1-2,6-7,9-13H,3-5,8H2,(H,28,31). The molecular formula is C22H18ClF2N5OS. The maximum absolute atomic E-state index is 14.7. The van der Waals surface area contributed by atoms with Gasteiger partial charge >= 0.3 is 0 Å². The third-order valence-corrected chi connectivity index (χ3v) is 6.79. The molecule has 0 spiro atoms. The fourth-order valence-electron chi connectivity index (χ4n) is 4.31. The van der Waals surface area contributed by atoms with Gasteiger partial charge in [-0.05, 0) is 37.8 Å². The summed E-state index contributed by atoms with van der Waals surface area (Å²) in [7, 11) is 0. The summed E-state index contributed by atoms with van der Waals surface area (Å²) in [4.78, 5) is 24.9. The molecule has 0 bridgehead atoms. The normalized spacial score (nSPS) is 18.7. The van der Waals surface area contributed by atoms with Crippen LogP contribution in [-0.4, -0.2) is 31.5 Å². The van der Waals surface area contributed by atoms with Crippen LogP contribution in [0.15, 0.2) is 42.7 Å². The minimum atomic E-state index is -0.625. The highest BCUT2D eigenvalue weighted by atomic mass is 35.5. The molecule has 1 fully saturated rings. The lowest BCUT2D eigenvalue weighted by Gasteiger charge is -2.32. The Morgan fingerprint density at radius 3 is 2.81 bits per heavy atom. The van der Waals surface area contributed by atoms with Crippen molar-refractivity contribution in [1.82, 2.24) is 24.8 Å². The summed E-state index contributed by atoms with van der Waals surface area (Å²) in [5.74, 6) is -0.874. The molecule has 3 aromatic heterocycles. The molecule has 5 rings (SSSR count). The zero-order valence-corrected chi connectivity index (χ0v) is 18.3. The molecule has 0 saturated heterocycles. The summed E-state index contributed by atoms with van der Waals surface area (Å²) in [6.07, 6.45) is 5.86. The van der Waals surface area contributed by atoms with E-state index in [-0.39, 0.29) is 18.0 Å². The van der Waals surface area contributed by atoms with Gasteiger partial charge in [0.15, 0.2) is 5.01 Å². The largest absolute Gasteiger partial charge is 0.347 e. The molecule has 6 nitrogen and oxygen atoms in total. The molecule has 3 heterocycles. The van der Waals surface area contributed by atoms with E-state index in [0.29, 0.717) is 38.2 Å². The van der Waals surface area contributed by atoms with Gasteiger partial charge in [0.05, 0.1) is 23.5 Å². The number of carbonyl (C=O) groups is 1. The first-order chi connectivity index (χ1) is 15.5. The number of hydrogen-bond acceptors (Lipinski definition) is 5. The van der Waals surface area contributed by atoms with Crippen molar-refractivity contribution in [2.45, 2.75) is 37.8 Å². The Morgan fingerprint density at radius 2 is 2.03 bits per heavy atom. The zero-order valence-electron chi connectivity index (χ0n) is 16.8. The number of amides is 1. The second kappa shape index (κ2) is 8.55. The number of benzene rings is 1. The van der Waals surface area contributed by atoms with Crippen LogP contribution in [0.3, 0.4) is 0 Å². The summed E-state index contributed by atoms with van der Waals surface area (Å²) in [6.45, 7) is 0. The van der Waals surface area contributed by atoms with Gasteiger partial charge in [0, 0.05) is 18.2 Å². The van der Waals surface area contributed by atoms with Gasteiger partial charge in [-0.25, -0.2) is 19.3 Å². The highest BCUT2D eigenvalue weighted by molar-refractivity contribution is 7.17. The Labute approximate surface area is 191 Å². The van der Waals surface area contributed by atoms with Crippen LogP contribution in [0.1, 0.15) is 41.5 Å². The molecule has 1 N–H and O–H groups in total. The van der Waals surface area contributed by atoms with Crippen LogP contribution in [0.5, 0.6) is 0 Å². The Morgan fingerprint density at radius 1 is 1.19 bits per heavy atom. The van der Waals surface area contributed by atoms with Gasteiger partial charge < -0.3 is 9.88 Å². The second-order valence-electron chi connectivity index (χ2n) is 7.74. The van der Waals surface area contributed by atoms with E-state index in [1.165, 1.54) is 24.5 Å². The monoisotopic (exact) mass is 473 g/mol. The van der Waals surface area contributed by atoms with Crippen LogP contribution < -0.4 is 5.32 Å². The quantitative estimate of drug-likeness (QED) is 0.403. The smallest absolute Gasteiger partial charge is 0.280 e. The summed E-state index contributed by atoms with van der Waals surface area (Å²) in [5, 5.41) is 3.34. The lowest BCUT2D eigenvalue weighted by Crippen LogP contribution is -2.39. The van der Waals surface area contributed by atoms with Crippen molar-refractivity contribution in [2.75, 3.05) is 0 Å². The van der Waals surface area contributed by atoms with Crippen LogP contribution >= 0.6 is 22.9 Å². The molecule has 0 aliphatic heterocycles. The number of aromatic nitrogens is 4. The number of nitrogens with zero attached hydrogens (tertiary/aromatic N) is 4. The number of halogens is 3. The van der Waals surface area contributed by atoms with Gasteiger partial charge in [-0.2, -0.15) is 4.39 Å². The first kappa shape index (κ1) is 21.0. The third kappa shape index (κ3) is 3.98. The fraction of sp³-hybridized carbons (Fsp3) is 0.273. The van der Waals surface area contributed by atoms with Crippen molar-refractivity contribution >= 4 is 39.9 Å². The van der Waals surface area contributed by atoms with Gasteiger partial charge in [-0.1, -0.05) is 35.1 Å². The molecular weight excluding hydrogens is 456 g/mol. The number of rotatable bonds is 4. The molecule has 0 radical (unpaired) electrons. The van der Waals surface area contributed by atoms with Crippen LogP contribution in [-0.2, 0) is 0 Å². The van der Waals surface area contributed by atoms with E-state index in [1.807, 2.05) is 4.57 Å². The maximum atomic E-state index is 14.7. The summed E-state index contributed by atoms with van der Waals surface area (Å²) in [5.41, 5.74) is 1.39. The minimum Gasteiger partial charge on any atom is -0.347 e. The first-order valence-electron chi connectivity index (χ1n) is 10.2. The van der Waals surface area contributed by atoms with Crippen molar-refractivity contribution in [2.24, 2.45) is 0 Å². The molecule has 2 unspecified atom stereocenters. The maximum Gasteiger partial charge on any atom is 0.280 e. The van der Waals surface area contributed by atoms with Gasteiger partial charge in [-0.3, -0.25) is 4.79 Å². The van der Waals surface area contributed by atoms with E-state index in [4.69, 9.17) is 11.6 Å². The first-order valence-corrected chi connectivity index (χ1v) is 11.4. The van der Waals surface area contributed by atoms with Crippen LogP contribution in [0.4, 0.5) is 8.78 Å². The van der Waals surface area contributed by atoms with Crippen LogP contribution in [0.25, 0.3) is 22.4 Å². The molecule has 1 aromatic carbocycles. The van der Waals surface area contributed by atoms with Gasteiger partial charge in [0.25, 0.3) is 5.91 Å². The molecule has 1 aliphatic rings. The Hall–Kier alpha value is -2.91. The summed E-state index contributed by atoms with van der Waals surface area (Å²) >= 11 is 7.02. The van der Waals surface area contributed by atoms with Crippen molar-refractivity contribution in [3.8, 4) is 11.4 Å². The minimum absolute atomic E-state index is 0.102. The second-order valence-corrected chi connectivity index (χ2v) is 9.40. The Bertz CT molecular complexity index is 1310. The lowest BCUT2D eigenvalue weighted by atomic mass is 9.90. The van der Waals surface area contributed by atoms with E-state index in [9.17, 15) is 13.6 Å². The van der Waals surface area contributed by atoms with Crippen molar-refractivity contribution in [3.05, 3.63) is 63.8 Å². The van der Waals surface area contributed by atoms with E-state index >= 15 is 0 Å². The number of hydrogen-bond donors (Lipinski definition) is 1. The van der Waals surface area contributed by atoms with Crippen molar-refractivity contribution < 1.29 is 13.6 Å². The molecule has 2 atom stereocenters. The summed E-state index contributed by atoms with van der Waals surface area (Å²) in [6, 6.07) is 7.50. The van der Waals surface area contributed by atoms with Crippen molar-refractivity contribution in [3.63, 3.8) is 0 Å². The number of carbonyl (C=O) groups excluding carboxylic acids is 1. The third-order valence-electron chi connectivity index (χ3n) is 5.68. The highest BCUT2D eigenvalue weighted by Gasteiger charge is 2.29. The van der Waals surface area contributed by atoms with Crippen molar-refractivity contribution in [1.29, 1.82) is 0 Å². The van der Waals surface area contributed by atoms with Crippen LogP contribution in [0, 0.1) is 11.8 Å². The van der Waals surface area contributed by atoms with E-state index in [2.05, 4.69) is 20.3 Å². The van der Waals surface area contributed by atoms with Gasteiger partial charge in [0.2, 0.25) is 5.95 Å². The van der Waals surface area contributed by atoms with Gasteiger partial charge in [-0.15, -0.1) is 0 Å². The topological polar surface area (TPSA) is 72.7 Å². The zero-order chi connectivity index (χ0) is 22.2. The molecule has 1 aliphatic carbocycles. The predicted octanol–water partition coefficient (Wildman–Crippen LogP) is 5.40. The highest BCUT2D eigenvalue weighted by Crippen LogP contribution is 2.37. The van der Waals surface area contributed by atoms with Gasteiger partial charge in [0.1, 0.15) is 21.5 Å². The molecule has 1 amide bonds. The van der Waals surface area contributed by atoms with E-state index < -0.39 is 11.8 Å². The Kier molecular flexibility index (Phi) is 5.60. The lowest BCUT2D eigenvalue weighted by molar-refractivity contribution is 0.0920. The predicted molar refractivity (Wildman–Crippen MR) is 119 cm³/mol.